The summed E-state index contributed by atoms with van der Waals surface area (Å²) >= 11 is 1.51. The molecule has 1 N–H and O–H groups in total. The lowest BCUT2D eigenvalue weighted by molar-refractivity contribution is -0.119. The maximum atomic E-state index is 13.2. The van der Waals surface area contributed by atoms with E-state index in [0.717, 1.165) is 20.3 Å². The van der Waals surface area contributed by atoms with Crippen molar-refractivity contribution < 1.29 is 13.2 Å². The molecule has 0 aliphatic heterocycles. The van der Waals surface area contributed by atoms with E-state index in [2.05, 4.69) is 10.5 Å². The van der Waals surface area contributed by atoms with E-state index >= 15 is 0 Å². The first-order chi connectivity index (χ1) is 13.9. The summed E-state index contributed by atoms with van der Waals surface area (Å²) in [6.07, 6.45) is 1.56. The summed E-state index contributed by atoms with van der Waals surface area (Å²) in [6, 6.07) is 17.0. The number of aryl methyl sites for hydroxylation is 2. The van der Waals surface area contributed by atoms with Gasteiger partial charge in [-0.3, -0.25) is 9.10 Å². The predicted octanol–water partition coefficient (Wildman–Crippen LogP) is 3.71. The van der Waals surface area contributed by atoms with Crippen molar-refractivity contribution in [3.8, 4) is 0 Å². The van der Waals surface area contributed by atoms with E-state index in [1.54, 1.807) is 42.6 Å². The lowest BCUT2D eigenvalue weighted by Gasteiger charge is -2.24. The van der Waals surface area contributed by atoms with Crippen LogP contribution in [0, 0.1) is 13.8 Å². The van der Waals surface area contributed by atoms with E-state index in [1.165, 1.54) is 23.5 Å². The number of thiophene rings is 1. The maximum absolute atomic E-state index is 13.2. The molecule has 3 rings (SSSR count). The Balaban J connectivity index is 1.85. The van der Waals surface area contributed by atoms with Crippen molar-refractivity contribution in [2.45, 2.75) is 18.7 Å². The summed E-state index contributed by atoms with van der Waals surface area (Å²) < 4.78 is 27.5. The van der Waals surface area contributed by atoms with Gasteiger partial charge >= 0.3 is 0 Å². The van der Waals surface area contributed by atoms with Crippen LogP contribution in [0.4, 0.5) is 5.69 Å². The number of hydrogen-bond acceptors (Lipinski definition) is 5. The van der Waals surface area contributed by atoms with Crippen LogP contribution in [0.1, 0.15) is 16.0 Å². The number of rotatable bonds is 7. The molecule has 3 aromatic rings. The number of carbonyl (C=O) groups excluding carboxylic acids is 1. The maximum Gasteiger partial charge on any atom is 0.264 e. The Morgan fingerprint density at radius 1 is 1.10 bits per heavy atom. The summed E-state index contributed by atoms with van der Waals surface area (Å²) in [4.78, 5) is 13.5. The molecule has 0 bridgehead atoms. The molecule has 1 amide bonds. The average Bonchev–Trinajstić information content (AvgIpc) is 3.11. The molecule has 0 spiro atoms. The molecule has 0 aliphatic rings. The fraction of sp³-hybridized carbons (Fsp3) is 0.143. The van der Waals surface area contributed by atoms with Crippen LogP contribution in [0.15, 0.2) is 76.0 Å². The largest absolute Gasteiger partial charge is 0.271 e. The van der Waals surface area contributed by atoms with Gasteiger partial charge in [-0.1, -0.05) is 30.3 Å². The van der Waals surface area contributed by atoms with Crippen LogP contribution in [-0.2, 0) is 14.8 Å². The number of sulfonamides is 1. The van der Waals surface area contributed by atoms with Crippen LogP contribution >= 0.6 is 11.3 Å². The van der Waals surface area contributed by atoms with Gasteiger partial charge in [0.25, 0.3) is 15.9 Å². The number of hydrogen-bond donors (Lipinski definition) is 1. The molecule has 0 aliphatic carbocycles. The van der Waals surface area contributed by atoms with Gasteiger partial charge in [-0.15, -0.1) is 11.3 Å². The molecular weight excluding hydrogens is 406 g/mol. The number of carbonyl (C=O) groups is 1. The Bertz CT molecular complexity index is 1120. The molecule has 0 atom stereocenters. The minimum atomic E-state index is -3.92. The van der Waals surface area contributed by atoms with Crippen molar-refractivity contribution in [2.75, 3.05) is 10.8 Å². The summed E-state index contributed by atoms with van der Waals surface area (Å²) in [5.74, 6) is -0.531. The molecule has 6 nitrogen and oxygen atoms in total. The second kappa shape index (κ2) is 9.02. The highest BCUT2D eigenvalue weighted by Crippen LogP contribution is 2.24. The van der Waals surface area contributed by atoms with Gasteiger partial charge < -0.3 is 0 Å². The number of nitrogens with zero attached hydrogens (tertiary/aromatic N) is 2. The molecule has 1 heterocycles. The topological polar surface area (TPSA) is 78.8 Å². The summed E-state index contributed by atoms with van der Waals surface area (Å²) in [5.41, 5.74) is 4.78. The highest BCUT2D eigenvalue weighted by molar-refractivity contribution is 7.92. The summed E-state index contributed by atoms with van der Waals surface area (Å²) in [6.45, 7) is 3.43. The van der Waals surface area contributed by atoms with Gasteiger partial charge in [0.2, 0.25) is 0 Å². The Morgan fingerprint density at radius 3 is 2.52 bits per heavy atom. The minimum Gasteiger partial charge on any atom is -0.271 e. The number of anilines is 1. The van der Waals surface area contributed by atoms with Gasteiger partial charge in [0.05, 0.1) is 16.8 Å². The van der Waals surface area contributed by atoms with E-state index < -0.39 is 15.9 Å². The zero-order valence-electron chi connectivity index (χ0n) is 16.1. The van der Waals surface area contributed by atoms with Crippen LogP contribution in [0.3, 0.4) is 0 Å². The summed E-state index contributed by atoms with van der Waals surface area (Å²) in [7, 11) is -3.92. The minimum absolute atomic E-state index is 0.118. The van der Waals surface area contributed by atoms with Crippen molar-refractivity contribution in [3.05, 3.63) is 82.0 Å². The molecule has 29 heavy (non-hydrogen) atoms. The van der Waals surface area contributed by atoms with Gasteiger partial charge in [0, 0.05) is 4.88 Å². The van der Waals surface area contributed by atoms with Crippen molar-refractivity contribution >= 4 is 39.2 Å². The fourth-order valence-corrected chi connectivity index (χ4v) is 4.88. The number of benzene rings is 2. The standard InChI is InChI=1S/C21H21N3O3S2/c1-16-7-6-8-18(13-16)24(29(26,27)19-9-4-3-5-10-19)15-21(25)23-22-14-20-17(2)11-12-28-20/h3-14H,15H2,1-2H3,(H,23,25). The van der Waals surface area contributed by atoms with Gasteiger partial charge in [-0.05, 0) is 60.7 Å². The molecule has 1 aromatic heterocycles. The smallest absolute Gasteiger partial charge is 0.264 e. The molecule has 0 radical (unpaired) electrons. The van der Waals surface area contributed by atoms with Crippen LogP contribution in [0.5, 0.6) is 0 Å². The Labute approximate surface area is 174 Å². The van der Waals surface area contributed by atoms with Crippen LogP contribution in [-0.4, -0.2) is 27.1 Å². The lowest BCUT2D eigenvalue weighted by atomic mass is 10.2. The first-order valence-electron chi connectivity index (χ1n) is 8.88. The second-order valence-electron chi connectivity index (χ2n) is 6.42. The molecule has 150 valence electrons. The van der Waals surface area contributed by atoms with Crippen LogP contribution in [0.2, 0.25) is 0 Å². The molecule has 2 aromatic carbocycles. The van der Waals surface area contributed by atoms with Crippen molar-refractivity contribution in [2.24, 2.45) is 5.10 Å². The molecular formula is C21H21N3O3S2. The third-order valence-corrected chi connectivity index (χ3v) is 6.92. The molecule has 0 fully saturated rings. The molecule has 0 unspecified atom stereocenters. The van der Waals surface area contributed by atoms with E-state index in [9.17, 15) is 13.2 Å². The molecule has 0 saturated carbocycles. The zero-order valence-corrected chi connectivity index (χ0v) is 17.7. The van der Waals surface area contributed by atoms with Crippen LogP contribution in [0.25, 0.3) is 0 Å². The normalized spacial score (nSPS) is 11.5. The second-order valence-corrected chi connectivity index (χ2v) is 9.23. The van der Waals surface area contributed by atoms with E-state index in [-0.39, 0.29) is 11.4 Å². The SMILES string of the molecule is Cc1cccc(N(CC(=O)NN=Cc2sccc2C)S(=O)(=O)c2ccccc2)c1. The average molecular weight is 428 g/mol. The highest BCUT2D eigenvalue weighted by Gasteiger charge is 2.27. The van der Waals surface area contributed by atoms with Crippen molar-refractivity contribution in [3.63, 3.8) is 0 Å². The number of amides is 1. The fourth-order valence-electron chi connectivity index (χ4n) is 2.66. The third-order valence-electron chi connectivity index (χ3n) is 4.18. The van der Waals surface area contributed by atoms with E-state index in [4.69, 9.17) is 0 Å². The van der Waals surface area contributed by atoms with E-state index in [0.29, 0.717) is 5.69 Å². The van der Waals surface area contributed by atoms with Gasteiger partial charge in [-0.2, -0.15) is 5.10 Å². The lowest BCUT2D eigenvalue weighted by Crippen LogP contribution is -2.39. The first-order valence-corrected chi connectivity index (χ1v) is 11.2. The predicted molar refractivity (Wildman–Crippen MR) is 117 cm³/mol. The molecule has 8 heteroatoms. The quantitative estimate of drug-likeness (QED) is 0.461. The van der Waals surface area contributed by atoms with Gasteiger partial charge in [0.15, 0.2) is 0 Å². The van der Waals surface area contributed by atoms with E-state index in [1.807, 2.05) is 31.4 Å². The van der Waals surface area contributed by atoms with Crippen molar-refractivity contribution in [1.29, 1.82) is 0 Å². The first kappa shape index (κ1) is 20.8. The van der Waals surface area contributed by atoms with Gasteiger partial charge in [-0.25, -0.2) is 13.8 Å². The third kappa shape index (κ3) is 5.10. The Hall–Kier alpha value is -2.97. The summed E-state index contributed by atoms with van der Waals surface area (Å²) in [5, 5.41) is 5.89. The highest BCUT2D eigenvalue weighted by atomic mass is 32.2. The zero-order chi connectivity index (χ0) is 20.9. The number of nitrogens with one attached hydrogen (secondary N) is 1. The Kier molecular flexibility index (Phi) is 6.46. The number of hydrazone groups is 1. The Morgan fingerprint density at radius 2 is 1.86 bits per heavy atom. The van der Waals surface area contributed by atoms with Gasteiger partial charge in [0.1, 0.15) is 6.54 Å². The van der Waals surface area contributed by atoms with Crippen molar-refractivity contribution in [1.82, 2.24) is 5.43 Å². The molecule has 0 saturated heterocycles. The monoisotopic (exact) mass is 427 g/mol. The van der Waals surface area contributed by atoms with Crippen LogP contribution < -0.4 is 9.73 Å².